The Labute approximate surface area is 164 Å². The van der Waals surface area contributed by atoms with E-state index in [9.17, 15) is 9.59 Å². The summed E-state index contributed by atoms with van der Waals surface area (Å²) in [6.45, 7) is 1.55. The summed E-state index contributed by atoms with van der Waals surface area (Å²) in [5.74, 6) is 0.601. The van der Waals surface area contributed by atoms with Crippen LogP contribution < -0.4 is 5.56 Å². The van der Waals surface area contributed by atoms with Crippen LogP contribution in [0.3, 0.4) is 0 Å². The molecule has 0 bridgehead atoms. The Morgan fingerprint density at radius 3 is 2.54 bits per heavy atom. The van der Waals surface area contributed by atoms with Crippen molar-refractivity contribution < 1.29 is 4.79 Å². The highest BCUT2D eigenvalue weighted by Gasteiger charge is 2.21. The molecule has 2 aromatic carbocycles. The number of aromatic nitrogens is 1. The van der Waals surface area contributed by atoms with E-state index in [4.69, 9.17) is 0 Å². The van der Waals surface area contributed by atoms with Gasteiger partial charge in [-0.15, -0.1) is 0 Å². The summed E-state index contributed by atoms with van der Waals surface area (Å²) in [4.78, 5) is 29.5. The standard InChI is InChI=1S/C24H24N2O2/c27-23(11-10-21-17-20-8-4-5-9-22(20)25-24(21)28)26-14-12-19(13-15-26)16-18-6-2-1-3-7-18/h1-11,17,19H,12-16H2,(H,25,28)/b11-10+. The molecule has 28 heavy (non-hydrogen) atoms. The van der Waals surface area contributed by atoms with Crippen molar-refractivity contribution in [2.24, 2.45) is 5.92 Å². The predicted octanol–water partition coefficient (Wildman–Crippen LogP) is 4.02. The Kier molecular flexibility index (Phi) is 5.38. The van der Waals surface area contributed by atoms with E-state index in [1.54, 1.807) is 6.08 Å². The fourth-order valence-corrected chi connectivity index (χ4v) is 3.86. The minimum Gasteiger partial charge on any atom is -0.339 e. The van der Waals surface area contributed by atoms with Gasteiger partial charge in [0.05, 0.1) is 0 Å². The number of nitrogens with one attached hydrogen (secondary N) is 1. The third-order valence-electron chi connectivity index (χ3n) is 5.48. The second kappa shape index (κ2) is 8.26. The maximum absolute atomic E-state index is 12.5. The third kappa shape index (κ3) is 4.22. The molecule has 0 aliphatic carbocycles. The first kappa shape index (κ1) is 18.2. The molecule has 4 rings (SSSR count). The van der Waals surface area contributed by atoms with E-state index in [1.807, 2.05) is 41.3 Å². The van der Waals surface area contributed by atoms with Crippen molar-refractivity contribution in [3.8, 4) is 0 Å². The highest BCUT2D eigenvalue weighted by molar-refractivity contribution is 5.92. The van der Waals surface area contributed by atoms with Crippen LogP contribution in [-0.2, 0) is 11.2 Å². The van der Waals surface area contributed by atoms with Gasteiger partial charge in [0.25, 0.3) is 5.56 Å². The molecule has 2 heterocycles. The highest BCUT2D eigenvalue weighted by atomic mass is 16.2. The number of pyridine rings is 1. The average molecular weight is 372 g/mol. The van der Waals surface area contributed by atoms with Gasteiger partial charge in [-0.1, -0.05) is 48.5 Å². The number of para-hydroxylation sites is 1. The molecule has 1 aliphatic heterocycles. The number of carbonyl (C=O) groups excluding carboxylic acids is 1. The lowest BCUT2D eigenvalue weighted by Crippen LogP contribution is -2.38. The van der Waals surface area contributed by atoms with Crippen LogP contribution in [0.5, 0.6) is 0 Å². The zero-order valence-corrected chi connectivity index (χ0v) is 15.8. The van der Waals surface area contributed by atoms with Crippen molar-refractivity contribution in [2.75, 3.05) is 13.1 Å². The van der Waals surface area contributed by atoms with Gasteiger partial charge in [-0.05, 0) is 54.3 Å². The summed E-state index contributed by atoms with van der Waals surface area (Å²) in [6.07, 6.45) is 6.27. The van der Waals surface area contributed by atoms with Crippen molar-refractivity contribution in [1.29, 1.82) is 0 Å². The molecule has 1 aromatic heterocycles. The number of nitrogens with zero attached hydrogens (tertiary/aromatic N) is 1. The lowest BCUT2D eigenvalue weighted by Gasteiger charge is -2.31. The van der Waals surface area contributed by atoms with Crippen LogP contribution in [0.15, 0.2) is 71.5 Å². The lowest BCUT2D eigenvalue weighted by molar-refractivity contribution is -0.127. The SMILES string of the molecule is O=C(/C=C/c1cc2ccccc2[nH]c1=O)N1CCC(Cc2ccccc2)CC1. The van der Waals surface area contributed by atoms with E-state index in [2.05, 4.69) is 29.2 Å². The summed E-state index contributed by atoms with van der Waals surface area (Å²) in [7, 11) is 0. The molecule has 0 spiro atoms. The first-order chi connectivity index (χ1) is 13.7. The molecule has 1 fully saturated rings. The van der Waals surface area contributed by atoms with Crippen LogP contribution in [0.1, 0.15) is 24.0 Å². The normalized spacial score (nSPS) is 15.4. The number of piperidine rings is 1. The number of aromatic amines is 1. The van der Waals surface area contributed by atoms with Gasteiger partial charge in [-0.25, -0.2) is 0 Å². The molecular formula is C24H24N2O2. The number of amides is 1. The van der Waals surface area contributed by atoms with E-state index in [0.29, 0.717) is 11.5 Å². The van der Waals surface area contributed by atoms with Gasteiger partial charge < -0.3 is 9.88 Å². The molecule has 0 unspecified atom stereocenters. The maximum Gasteiger partial charge on any atom is 0.255 e. The number of H-pyrrole nitrogens is 1. The zero-order valence-electron chi connectivity index (χ0n) is 15.8. The maximum atomic E-state index is 12.5. The van der Waals surface area contributed by atoms with E-state index in [0.717, 1.165) is 43.3 Å². The van der Waals surface area contributed by atoms with Gasteiger partial charge in [0.2, 0.25) is 5.91 Å². The molecule has 1 saturated heterocycles. The monoisotopic (exact) mass is 372 g/mol. The number of likely N-dealkylation sites (tertiary alicyclic amines) is 1. The van der Waals surface area contributed by atoms with E-state index in [-0.39, 0.29) is 11.5 Å². The van der Waals surface area contributed by atoms with Crippen LogP contribution in [0.4, 0.5) is 0 Å². The molecule has 3 aromatic rings. The fourth-order valence-electron chi connectivity index (χ4n) is 3.86. The number of benzene rings is 2. The summed E-state index contributed by atoms with van der Waals surface area (Å²) >= 11 is 0. The van der Waals surface area contributed by atoms with E-state index in [1.165, 1.54) is 11.6 Å². The molecule has 0 radical (unpaired) electrons. The fraction of sp³-hybridized carbons (Fsp3) is 0.250. The first-order valence-corrected chi connectivity index (χ1v) is 9.82. The second-order valence-corrected chi connectivity index (χ2v) is 7.43. The number of rotatable bonds is 4. The van der Waals surface area contributed by atoms with Crippen LogP contribution >= 0.6 is 0 Å². The Bertz CT molecular complexity index is 1040. The smallest absolute Gasteiger partial charge is 0.255 e. The van der Waals surface area contributed by atoms with Gasteiger partial charge in [0.1, 0.15) is 0 Å². The van der Waals surface area contributed by atoms with Gasteiger partial charge in [-0.3, -0.25) is 9.59 Å². The number of fused-ring (bicyclic) bond motifs is 1. The van der Waals surface area contributed by atoms with Crippen LogP contribution in [0.2, 0.25) is 0 Å². The van der Waals surface area contributed by atoms with Crippen LogP contribution in [0.25, 0.3) is 17.0 Å². The van der Waals surface area contributed by atoms with Crippen molar-refractivity contribution in [3.05, 3.63) is 88.2 Å². The minimum atomic E-state index is -0.177. The highest BCUT2D eigenvalue weighted by Crippen LogP contribution is 2.22. The minimum absolute atomic E-state index is 0.0225. The Morgan fingerprint density at radius 2 is 1.75 bits per heavy atom. The summed E-state index contributed by atoms with van der Waals surface area (Å²) in [5.41, 5.74) is 2.49. The van der Waals surface area contributed by atoms with Gasteiger partial charge in [0.15, 0.2) is 0 Å². The molecule has 142 valence electrons. The Hall–Kier alpha value is -3.14. The zero-order chi connectivity index (χ0) is 19.3. The molecular weight excluding hydrogens is 348 g/mol. The Morgan fingerprint density at radius 1 is 1.04 bits per heavy atom. The molecule has 1 amide bonds. The molecule has 1 N–H and O–H groups in total. The number of hydrogen-bond acceptors (Lipinski definition) is 2. The van der Waals surface area contributed by atoms with E-state index < -0.39 is 0 Å². The largest absolute Gasteiger partial charge is 0.339 e. The third-order valence-corrected chi connectivity index (χ3v) is 5.48. The average Bonchev–Trinajstić information content (AvgIpc) is 2.73. The summed E-state index contributed by atoms with van der Waals surface area (Å²) < 4.78 is 0. The van der Waals surface area contributed by atoms with Crippen molar-refractivity contribution in [3.63, 3.8) is 0 Å². The topological polar surface area (TPSA) is 53.2 Å². The molecule has 4 heteroatoms. The van der Waals surface area contributed by atoms with Crippen molar-refractivity contribution in [1.82, 2.24) is 9.88 Å². The Balaban J connectivity index is 1.37. The van der Waals surface area contributed by atoms with Crippen molar-refractivity contribution >= 4 is 22.9 Å². The summed E-state index contributed by atoms with van der Waals surface area (Å²) in [6, 6.07) is 20.0. The van der Waals surface area contributed by atoms with Gasteiger partial charge in [0, 0.05) is 30.2 Å². The molecule has 0 saturated carbocycles. The number of carbonyl (C=O) groups is 1. The van der Waals surface area contributed by atoms with Crippen LogP contribution in [-0.4, -0.2) is 28.9 Å². The second-order valence-electron chi connectivity index (χ2n) is 7.43. The molecule has 0 atom stereocenters. The molecule has 1 aliphatic rings. The van der Waals surface area contributed by atoms with Gasteiger partial charge in [-0.2, -0.15) is 0 Å². The van der Waals surface area contributed by atoms with Gasteiger partial charge >= 0.3 is 0 Å². The first-order valence-electron chi connectivity index (χ1n) is 9.82. The van der Waals surface area contributed by atoms with Crippen molar-refractivity contribution in [2.45, 2.75) is 19.3 Å². The quantitative estimate of drug-likeness (QED) is 0.703. The predicted molar refractivity (Wildman–Crippen MR) is 113 cm³/mol. The summed E-state index contributed by atoms with van der Waals surface area (Å²) in [5, 5.41) is 0.955. The van der Waals surface area contributed by atoms with Crippen LogP contribution in [0, 0.1) is 5.92 Å². The lowest BCUT2D eigenvalue weighted by atomic mass is 9.90. The van der Waals surface area contributed by atoms with E-state index >= 15 is 0 Å². The molecule has 4 nitrogen and oxygen atoms in total. The number of hydrogen-bond donors (Lipinski definition) is 1.